The third-order valence-corrected chi connectivity index (χ3v) is 5.55. The highest BCUT2D eigenvalue weighted by Gasteiger charge is 2.19. The molecule has 0 aromatic heterocycles. The molecule has 0 atom stereocenters. The molecule has 1 saturated heterocycles. The molecular formula is C23H31NO2. The fourth-order valence-electron chi connectivity index (χ4n) is 3.81. The van der Waals surface area contributed by atoms with Crippen LogP contribution < -0.4 is 4.74 Å². The number of likely N-dealkylation sites (tertiary alicyclic amines) is 1. The summed E-state index contributed by atoms with van der Waals surface area (Å²) in [7, 11) is 1.66. The zero-order valence-corrected chi connectivity index (χ0v) is 16.5. The van der Waals surface area contributed by atoms with Crippen LogP contribution in [-0.2, 0) is 6.54 Å². The number of phenols is 1. The van der Waals surface area contributed by atoms with Gasteiger partial charge in [-0.2, -0.15) is 0 Å². The maximum absolute atomic E-state index is 10.7. The lowest BCUT2D eigenvalue weighted by Gasteiger charge is -2.30. The largest absolute Gasteiger partial charge is 0.507 e. The van der Waals surface area contributed by atoms with Crippen molar-refractivity contribution in [2.24, 2.45) is 5.92 Å². The molecule has 0 bridgehead atoms. The lowest BCUT2D eigenvalue weighted by Crippen LogP contribution is -2.32. The fraction of sp³-hybridized carbons (Fsp3) is 0.478. The molecule has 3 heteroatoms. The van der Waals surface area contributed by atoms with Gasteiger partial charge in [-0.3, -0.25) is 4.90 Å². The maximum Gasteiger partial charge on any atom is 0.127 e. The summed E-state index contributed by atoms with van der Waals surface area (Å²) >= 11 is 0. The van der Waals surface area contributed by atoms with E-state index in [1.165, 1.54) is 18.4 Å². The first-order valence-electron chi connectivity index (χ1n) is 9.71. The zero-order chi connectivity index (χ0) is 18.7. The Labute approximate surface area is 157 Å². The topological polar surface area (TPSA) is 32.7 Å². The van der Waals surface area contributed by atoms with Gasteiger partial charge in [0.15, 0.2) is 0 Å². The van der Waals surface area contributed by atoms with Gasteiger partial charge in [-0.25, -0.2) is 0 Å². The first-order valence-corrected chi connectivity index (χ1v) is 9.71. The number of hydrogen-bond acceptors (Lipinski definition) is 3. The predicted octanol–water partition coefficient (Wildman–Crippen LogP) is 5.42. The molecule has 0 spiro atoms. The second-order valence-electron chi connectivity index (χ2n) is 7.88. The Morgan fingerprint density at radius 3 is 2.46 bits per heavy atom. The van der Waals surface area contributed by atoms with Crippen molar-refractivity contribution < 1.29 is 9.84 Å². The van der Waals surface area contributed by atoms with E-state index >= 15 is 0 Å². The first kappa shape index (κ1) is 18.8. The molecule has 0 aliphatic carbocycles. The average molecular weight is 354 g/mol. The maximum atomic E-state index is 10.7. The van der Waals surface area contributed by atoms with Crippen LogP contribution >= 0.6 is 0 Å². The minimum Gasteiger partial charge on any atom is -0.507 e. The molecule has 0 amide bonds. The van der Waals surface area contributed by atoms with Crippen molar-refractivity contribution >= 4 is 0 Å². The number of aromatic hydroxyl groups is 1. The van der Waals surface area contributed by atoms with Crippen LogP contribution in [0.15, 0.2) is 36.4 Å². The molecule has 2 aromatic rings. The summed E-state index contributed by atoms with van der Waals surface area (Å²) in [4.78, 5) is 2.53. The van der Waals surface area contributed by atoms with Crippen molar-refractivity contribution in [1.29, 1.82) is 0 Å². The van der Waals surface area contributed by atoms with Gasteiger partial charge < -0.3 is 9.84 Å². The van der Waals surface area contributed by atoms with E-state index in [4.69, 9.17) is 4.74 Å². The molecule has 0 saturated carbocycles. The smallest absolute Gasteiger partial charge is 0.127 e. The number of phenolic OH excluding ortho intramolecular Hbond substituents is 1. The lowest BCUT2D eigenvalue weighted by molar-refractivity contribution is 0.185. The van der Waals surface area contributed by atoms with Gasteiger partial charge in [0.1, 0.15) is 11.5 Å². The highest BCUT2D eigenvalue weighted by Crippen LogP contribution is 2.39. The predicted molar refractivity (Wildman–Crippen MR) is 108 cm³/mol. The van der Waals surface area contributed by atoms with E-state index in [0.717, 1.165) is 48.0 Å². The number of benzene rings is 2. The highest BCUT2D eigenvalue weighted by molar-refractivity contribution is 5.75. The van der Waals surface area contributed by atoms with E-state index in [9.17, 15) is 5.11 Å². The lowest BCUT2D eigenvalue weighted by atomic mass is 9.92. The monoisotopic (exact) mass is 353 g/mol. The zero-order valence-electron chi connectivity index (χ0n) is 16.5. The van der Waals surface area contributed by atoms with Crippen LogP contribution in [0.25, 0.3) is 11.1 Å². The summed E-state index contributed by atoms with van der Waals surface area (Å²) in [6, 6.07) is 12.3. The number of nitrogens with zero attached hydrogens (tertiary/aromatic N) is 1. The summed E-state index contributed by atoms with van der Waals surface area (Å²) in [6.07, 6.45) is 2.54. The van der Waals surface area contributed by atoms with Crippen molar-refractivity contribution in [2.45, 2.75) is 46.1 Å². The van der Waals surface area contributed by atoms with E-state index in [2.05, 4.69) is 56.0 Å². The number of ether oxygens (including phenoxy) is 1. The molecule has 1 fully saturated rings. The number of rotatable bonds is 5. The highest BCUT2D eigenvalue weighted by atomic mass is 16.5. The van der Waals surface area contributed by atoms with Crippen LogP contribution in [0.4, 0.5) is 0 Å². The SMILES string of the molecule is COc1cc(O)c(-c2ccccc2CN2CCC(C)CC2)cc1C(C)C. The average Bonchev–Trinajstić information content (AvgIpc) is 2.63. The Hall–Kier alpha value is -2.00. The third kappa shape index (κ3) is 4.04. The number of methoxy groups -OCH3 is 1. The Balaban J connectivity index is 1.96. The third-order valence-electron chi connectivity index (χ3n) is 5.55. The van der Waals surface area contributed by atoms with Crippen LogP contribution in [-0.4, -0.2) is 30.2 Å². The van der Waals surface area contributed by atoms with Crippen molar-refractivity contribution in [1.82, 2.24) is 4.90 Å². The van der Waals surface area contributed by atoms with E-state index in [0.29, 0.717) is 5.92 Å². The van der Waals surface area contributed by atoms with Crippen molar-refractivity contribution in [3.8, 4) is 22.6 Å². The summed E-state index contributed by atoms with van der Waals surface area (Å²) in [5, 5.41) is 10.7. The summed E-state index contributed by atoms with van der Waals surface area (Å²) in [6.45, 7) is 9.89. The van der Waals surface area contributed by atoms with E-state index in [1.54, 1.807) is 13.2 Å². The Morgan fingerprint density at radius 1 is 1.12 bits per heavy atom. The van der Waals surface area contributed by atoms with Gasteiger partial charge in [-0.15, -0.1) is 0 Å². The van der Waals surface area contributed by atoms with Crippen LogP contribution in [0.1, 0.15) is 50.7 Å². The minimum atomic E-state index is 0.283. The molecule has 0 radical (unpaired) electrons. The van der Waals surface area contributed by atoms with Gasteiger partial charge >= 0.3 is 0 Å². The van der Waals surface area contributed by atoms with E-state index < -0.39 is 0 Å². The van der Waals surface area contributed by atoms with E-state index in [1.807, 2.05) is 0 Å². The van der Waals surface area contributed by atoms with Gasteiger partial charge in [-0.1, -0.05) is 45.0 Å². The quantitative estimate of drug-likeness (QED) is 0.779. The number of hydrogen-bond donors (Lipinski definition) is 1. The van der Waals surface area contributed by atoms with Crippen LogP contribution in [0.5, 0.6) is 11.5 Å². The standard InChI is InChI=1S/C23H31NO2/c1-16(2)20-13-21(22(25)14-23(20)26-4)19-8-6-5-7-18(19)15-24-11-9-17(3)10-12-24/h5-8,13-14,16-17,25H,9-12,15H2,1-4H3. The Morgan fingerprint density at radius 2 is 1.81 bits per heavy atom. The molecule has 3 rings (SSSR count). The fourth-order valence-corrected chi connectivity index (χ4v) is 3.81. The molecule has 1 N–H and O–H groups in total. The second-order valence-corrected chi connectivity index (χ2v) is 7.88. The van der Waals surface area contributed by atoms with Gasteiger partial charge in [0.2, 0.25) is 0 Å². The molecule has 0 unspecified atom stereocenters. The van der Waals surface area contributed by atoms with Gasteiger partial charge in [0.25, 0.3) is 0 Å². The molecular weight excluding hydrogens is 322 g/mol. The Bertz CT molecular complexity index is 746. The molecule has 3 nitrogen and oxygen atoms in total. The molecule has 1 heterocycles. The molecule has 1 aliphatic heterocycles. The molecule has 2 aromatic carbocycles. The van der Waals surface area contributed by atoms with Crippen molar-refractivity contribution in [3.05, 3.63) is 47.5 Å². The molecule has 140 valence electrons. The normalized spacial score (nSPS) is 16.2. The van der Waals surface area contributed by atoms with Gasteiger partial charge in [0.05, 0.1) is 7.11 Å². The minimum absolute atomic E-state index is 0.283. The number of piperidine rings is 1. The first-order chi connectivity index (χ1) is 12.5. The summed E-state index contributed by atoms with van der Waals surface area (Å²) in [5.74, 6) is 2.20. The van der Waals surface area contributed by atoms with Crippen molar-refractivity contribution in [3.63, 3.8) is 0 Å². The molecule has 26 heavy (non-hydrogen) atoms. The van der Waals surface area contributed by atoms with Crippen LogP contribution in [0, 0.1) is 5.92 Å². The van der Waals surface area contributed by atoms with Crippen LogP contribution in [0.2, 0.25) is 0 Å². The summed E-state index contributed by atoms with van der Waals surface area (Å²) in [5.41, 5.74) is 4.42. The van der Waals surface area contributed by atoms with Crippen LogP contribution in [0.3, 0.4) is 0 Å². The van der Waals surface area contributed by atoms with E-state index in [-0.39, 0.29) is 5.75 Å². The Kier molecular flexibility index (Phi) is 5.87. The second kappa shape index (κ2) is 8.13. The van der Waals surface area contributed by atoms with Gasteiger partial charge in [-0.05, 0) is 60.5 Å². The van der Waals surface area contributed by atoms with Crippen molar-refractivity contribution in [2.75, 3.05) is 20.2 Å². The van der Waals surface area contributed by atoms with Gasteiger partial charge in [0, 0.05) is 18.2 Å². The molecule has 1 aliphatic rings. The summed E-state index contributed by atoms with van der Waals surface area (Å²) < 4.78 is 5.47.